The molecular weight excluding hydrogens is 212 g/mol. The first kappa shape index (κ1) is 11.1. The van der Waals surface area contributed by atoms with Gasteiger partial charge in [0, 0.05) is 0 Å². The van der Waals surface area contributed by atoms with Gasteiger partial charge in [-0.3, -0.25) is 0 Å². The zero-order valence-electron chi connectivity index (χ0n) is 9.22. The Labute approximate surface area is 99.8 Å². The zero-order valence-corrected chi connectivity index (χ0v) is 9.22. The summed E-state index contributed by atoms with van der Waals surface area (Å²) in [6.07, 6.45) is 0. The molecule has 0 aliphatic heterocycles. The minimum atomic E-state index is -1.24. The molecule has 0 atom stereocenters. The maximum Gasteiger partial charge on any atom is 0.0715 e. The molecular formula is C15H11O2-. The molecule has 0 unspecified atom stereocenters. The van der Waals surface area contributed by atoms with Crippen LogP contribution in [0.2, 0.25) is 0 Å². The van der Waals surface area contributed by atoms with E-state index in [1.807, 2.05) is 42.5 Å². The average Bonchev–Trinajstić information content (AvgIpc) is 2.39. The van der Waals surface area contributed by atoms with Crippen molar-refractivity contribution in [2.24, 2.45) is 0 Å². The van der Waals surface area contributed by atoms with E-state index in [2.05, 4.69) is 6.58 Å². The Morgan fingerprint density at radius 3 is 2.18 bits per heavy atom. The third kappa shape index (κ3) is 2.26. The van der Waals surface area contributed by atoms with Crippen molar-refractivity contribution in [2.75, 3.05) is 0 Å². The van der Waals surface area contributed by atoms with E-state index in [1.54, 1.807) is 12.1 Å². The molecule has 0 spiro atoms. The third-order valence-corrected chi connectivity index (χ3v) is 2.58. The van der Waals surface area contributed by atoms with Crippen molar-refractivity contribution in [2.45, 2.75) is 0 Å². The number of hydrogen-bond acceptors (Lipinski definition) is 2. The summed E-state index contributed by atoms with van der Waals surface area (Å²) in [7, 11) is 0. The summed E-state index contributed by atoms with van der Waals surface area (Å²) < 4.78 is 0. The lowest BCUT2D eigenvalue weighted by atomic mass is 9.95. The number of carboxylic acid groups (broad SMARTS) is 1. The number of hydrogen-bond donors (Lipinski definition) is 0. The van der Waals surface area contributed by atoms with Gasteiger partial charge in [0.05, 0.1) is 5.97 Å². The molecule has 0 aromatic heterocycles. The Kier molecular flexibility index (Phi) is 3.06. The van der Waals surface area contributed by atoms with Gasteiger partial charge in [-0.15, -0.1) is 0 Å². The standard InChI is InChI=1S/C15H12O2/c1-11(15(16)17)13-9-5-6-10-14(13)12-7-3-2-4-8-12/h2-10H,1H2,(H,16,17)/p-1. The quantitative estimate of drug-likeness (QED) is 0.748. The van der Waals surface area contributed by atoms with E-state index >= 15 is 0 Å². The maximum absolute atomic E-state index is 10.9. The highest BCUT2D eigenvalue weighted by Gasteiger charge is 2.07. The number of aliphatic carboxylic acids is 1. The van der Waals surface area contributed by atoms with E-state index in [0.29, 0.717) is 5.56 Å². The number of rotatable bonds is 3. The molecule has 2 rings (SSSR count). The molecule has 17 heavy (non-hydrogen) atoms. The molecule has 0 fully saturated rings. The smallest absolute Gasteiger partial charge is 0.0715 e. The molecule has 0 aliphatic carbocycles. The van der Waals surface area contributed by atoms with Crippen molar-refractivity contribution >= 4 is 11.5 Å². The topological polar surface area (TPSA) is 40.1 Å². The number of carboxylic acids is 1. The summed E-state index contributed by atoms with van der Waals surface area (Å²) in [5.41, 5.74) is 2.41. The Morgan fingerprint density at radius 1 is 0.941 bits per heavy atom. The van der Waals surface area contributed by atoms with E-state index in [1.165, 1.54) is 0 Å². The number of carbonyl (C=O) groups excluding carboxylic acids is 1. The molecule has 0 heterocycles. The molecule has 84 valence electrons. The summed E-state index contributed by atoms with van der Waals surface area (Å²) in [6, 6.07) is 16.9. The SMILES string of the molecule is C=C(C(=O)[O-])c1ccccc1-c1ccccc1. The van der Waals surface area contributed by atoms with Crippen LogP contribution in [-0.2, 0) is 4.79 Å². The molecule has 0 radical (unpaired) electrons. The molecule has 2 aromatic rings. The lowest BCUT2D eigenvalue weighted by Gasteiger charge is -2.12. The van der Waals surface area contributed by atoms with Gasteiger partial charge in [-0.1, -0.05) is 61.2 Å². The van der Waals surface area contributed by atoms with E-state index < -0.39 is 5.97 Å². The van der Waals surface area contributed by atoms with Crippen LogP contribution < -0.4 is 5.11 Å². The molecule has 0 saturated heterocycles. The summed E-state index contributed by atoms with van der Waals surface area (Å²) >= 11 is 0. The van der Waals surface area contributed by atoms with Gasteiger partial charge in [-0.2, -0.15) is 0 Å². The van der Waals surface area contributed by atoms with Gasteiger partial charge >= 0.3 is 0 Å². The molecule has 2 nitrogen and oxygen atoms in total. The van der Waals surface area contributed by atoms with E-state index in [4.69, 9.17) is 0 Å². The highest BCUT2D eigenvalue weighted by atomic mass is 16.4. The Hall–Kier alpha value is -2.35. The molecule has 0 aliphatic rings. The van der Waals surface area contributed by atoms with Crippen LogP contribution in [0.4, 0.5) is 0 Å². The predicted octanol–water partition coefficient (Wildman–Crippen LogP) is 2.12. The fraction of sp³-hybridized carbons (Fsp3) is 0. The molecule has 0 amide bonds. The molecule has 0 saturated carbocycles. The maximum atomic E-state index is 10.9. The fourth-order valence-corrected chi connectivity index (χ4v) is 1.73. The molecule has 0 bridgehead atoms. The van der Waals surface area contributed by atoms with Crippen LogP contribution in [0.5, 0.6) is 0 Å². The predicted molar refractivity (Wildman–Crippen MR) is 65.9 cm³/mol. The van der Waals surface area contributed by atoms with Gasteiger partial charge < -0.3 is 9.90 Å². The van der Waals surface area contributed by atoms with E-state index in [0.717, 1.165) is 11.1 Å². The van der Waals surface area contributed by atoms with Gasteiger partial charge in [-0.25, -0.2) is 0 Å². The Morgan fingerprint density at radius 2 is 1.53 bits per heavy atom. The largest absolute Gasteiger partial charge is 0.545 e. The Bertz CT molecular complexity index is 556. The lowest BCUT2D eigenvalue weighted by molar-refractivity contribution is -0.295. The van der Waals surface area contributed by atoms with Crippen LogP contribution in [0.1, 0.15) is 5.56 Å². The average molecular weight is 223 g/mol. The highest BCUT2D eigenvalue weighted by molar-refractivity contribution is 6.15. The van der Waals surface area contributed by atoms with Crippen LogP contribution in [0, 0.1) is 0 Å². The van der Waals surface area contributed by atoms with E-state index in [9.17, 15) is 9.90 Å². The second-order valence-electron chi connectivity index (χ2n) is 3.68. The van der Waals surface area contributed by atoms with Crippen LogP contribution >= 0.6 is 0 Å². The highest BCUT2D eigenvalue weighted by Crippen LogP contribution is 2.27. The van der Waals surface area contributed by atoms with Crippen molar-refractivity contribution in [3.05, 3.63) is 66.7 Å². The van der Waals surface area contributed by atoms with Crippen LogP contribution in [0.25, 0.3) is 16.7 Å². The second-order valence-corrected chi connectivity index (χ2v) is 3.68. The van der Waals surface area contributed by atoms with Crippen LogP contribution in [0.15, 0.2) is 61.2 Å². The zero-order chi connectivity index (χ0) is 12.3. The van der Waals surface area contributed by atoms with Gasteiger partial charge in [0.2, 0.25) is 0 Å². The monoisotopic (exact) mass is 223 g/mol. The first-order valence-electron chi connectivity index (χ1n) is 5.25. The normalized spacial score (nSPS) is 9.88. The summed E-state index contributed by atoms with van der Waals surface area (Å²) in [4.78, 5) is 10.9. The van der Waals surface area contributed by atoms with Gasteiger partial charge in [0.25, 0.3) is 0 Å². The number of carbonyl (C=O) groups is 1. The summed E-state index contributed by atoms with van der Waals surface area (Å²) in [5, 5.41) is 10.9. The third-order valence-electron chi connectivity index (χ3n) is 2.58. The van der Waals surface area contributed by atoms with Crippen molar-refractivity contribution in [1.82, 2.24) is 0 Å². The number of benzene rings is 2. The van der Waals surface area contributed by atoms with Gasteiger partial charge in [0.1, 0.15) is 0 Å². The first-order chi connectivity index (χ1) is 8.20. The fourth-order valence-electron chi connectivity index (χ4n) is 1.73. The van der Waals surface area contributed by atoms with Gasteiger partial charge in [0.15, 0.2) is 0 Å². The molecule has 0 N–H and O–H groups in total. The minimum absolute atomic E-state index is 0.00412. The Balaban J connectivity index is 2.56. The summed E-state index contributed by atoms with van der Waals surface area (Å²) in [5.74, 6) is -1.24. The summed E-state index contributed by atoms with van der Waals surface area (Å²) in [6.45, 7) is 3.55. The first-order valence-corrected chi connectivity index (χ1v) is 5.25. The lowest BCUT2D eigenvalue weighted by Crippen LogP contribution is -2.23. The second kappa shape index (κ2) is 4.66. The molecule has 2 heteroatoms. The minimum Gasteiger partial charge on any atom is -0.545 e. The van der Waals surface area contributed by atoms with Crippen LogP contribution in [0.3, 0.4) is 0 Å². The van der Waals surface area contributed by atoms with E-state index in [-0.39, 0.29) is 5.57 Å². The van der Waals surface area contributed by atoms with Gasteiger partial charge in [-0.05, 0) is 22.3 Å². The van der Waals surface area contributed by atoms with Crippen molar-refractivity contribution < 1.29 is 9.90 Å². The van der Waals surface area contributed by atoms with Crippen molar-refractivity contribution in [3.63, 3.8) is 0 Å². The van der Waals surface area contributed by atoms with Crippen molar-refractivity contribution in [1.29, 1.82) is 0 Å². The van der Waals surface area contributed by atoms with Crippen LogP contribution in [-0.4, -0.2) is 5.97 Å². The van der Waals surface area contributed by atoms with Crippen molar-refractivity contribution in [3.8, 4) is 11.1 Å². The molecule has 2 aromatic carbocycles.